The molecule has 9 heteroatoms. The first kappa shape index (κ1) is 28.0. The molecule has 2 N–H and O–H groups in total. The Morgan fingerprint density at radius 1 is 0.919 bits per heavy atom. The van der Waals surface area contributed by atoms with Crippen molar-refractivity contribution in [2.75, 3.05) is 13.1 Å². The summed E-state index contributed by atoms with van der Waals surface area (Å²) in [6.07, 6.45) is 5.22. The van der Waals surface area contributed by atoms with Crippen LogP contribution in [-0.4, -0.2) is 48.7 Å². The van der Waals surface area contributed by atoms with Crippen LogP contribution in [0.25, 0.3) is 0 Å². The molecule has 8 nitrogen and oxygen atoms in total. The lowest BCUT2D eigenvalue weighted by molar-refractivity contribution is -0.129. The minimum atomic E-state index is -3.65. The maximum Gasteiger partial charge on any atom is 0.239 e. The maximum absolute atomic E-state index is 12.9. The smallest absolute Gasteiger partial charge is 0.239 e. The average molecular weight is 523 g/mol. The molecule has 0 radical (unpaired) electrons. The van der Waals surface area contributed by atoms with Crippen LogP contribution in [0.2, 0.25) is 0 Å². The molecule has 3 aromatic rings. The van der Waals surface area contributed by atoms with Crippen molar-refractivity contribution in [1.29, 1.82) is 0 Å². The van der Waals surface area contributed by atoms with Crippen LogP contribution in [-0.2, 0) is 31.9 Å². The molecule has 1 aliphatic rings. The van der Waals surface area contributed by atoms with Crippen molar-refractivity contribution in [3.05, 3.63) is 102 Å². The second-order valence-electron chi connectivity index (χ2n) is 8.87. The molecule has 0 saturated carbocycles. The summed E-state index contributed by atoms with van der Waals surface area (Å²) in [4.78, 5) is 28.7. The molecule has 1 saturated heterocycles. The third-order valence-corrected chi connectivity index (χ3v) is 7.73. The van der Waals surface area contributed by atoms with Crippen LogP contribution in [0.4, 0.5) is 0 Å². The highest BCUT2D eigenvalue weighted by atomic mass is 32.2. The third kappa shape index (κ3) is 9.44. The lowest BCUT2D eigenvalue weighted by atomic mass is 10.0. The van der Waals surface area contributed by atoms with Gasteiger partial charge in [0.1, 0.15) is 6.04 Å². The highest BCUT2D eigenvalue weighted by molar-refractivity contribution is 7.88. The molecule has 2 aromatic carbocycles. The van der Waals surface area contributed by atoms with Gasteiger partial charge < -0.3 is 10.6 Å². The van der Waals surface area contributed by atoms with Crippen LogP contribution in [0.3, 0.4) is 0 Å². The Morgan fingerprint density at radius 3 is 2.22 bits per heavy atom. The zero-order chi connectivity index (χ0) is 26.5. The summed E-state index contributed by atoms with van der Waals surface area (Å²) in [6, 6.07) is 22.0. The number of piperidine rings is 1. The molecule has 2 heterocycles. The molecule has 196 valence electrons. The van der Waals surface area contributed by atoms with Gasteiger partial charge in [0.15, 0.2) is 0 Å². The van der Waals surface area contributed by atoms with Crippen molar-refractivity contribution in [3.8, 4) is 0 Å². The predicted octanol–water partition coefficient (Wildman–Crippen LogP) is 3.19. The van der Waals surface area contributed by atoms with Gasteiger partial charge in [0.2, 0.25) is 21.8 Å². The normalized spacial score (nSPS) is 15.6. The van der Waals surface area contributed by atoms with Crippen LogP contribution in [0.5, 0.6) is 0 Å². The van der Waals surface area contributed by atoms with Gasteiger partial charge in [-0.3, -0.25) is 14.6 Å². The van der Waals surface area contributed by atoms with Crippen molar-refractivity contribution in [2.45, 2.75) is 44.5 Å². The third-order valence-electron chi connectivity index (χ3n) is 5.88. The fourth-order valence-electron chi connectivity index (χ4n) is 3.95. The predicted molar refractivity (Wildman–Crippen MR) is 144 cm³/mol. The molecule has 1 atom stereocenters. The van der Waals surface area contributed by atoms with Gasteiger partial charge in [-0.25, -0.2) is 8.42 Å². The van der Waals surface area contributed by atoms with E-state index in [1.807, 2.05) is 30.3 Å². The number of nitrogens with zero attached hydrogens (tertiary/aromatic N) is 2. The fourth-order valence-corrected chi connectivity index (χ4v) is 5.73. The van der Waals surface area contributed by atoms with E-state index in [0.29, 0.717) is 31.5 Å². The van der Waals surface area contributed by atoms with Crippen LogP contribution in [0, 0.1) is 6.92 Å². The van der Waals surface area contributed by atoms with Crippen molar-refractivity contribution < 1.29 is 18.0 Å². The molecule has 1 aromatic heterocycles. The molecule has 4 rings (SSSR count). The van der Waals surface area contributed by atoms with Gasteiger partial charge in [-0.2, -0.15) is 4.31 Å². The average Bonchev–Trinajstić information content (AvgIpc) is 2.92. The summed E-state index contributed by atoms with van der Waals surface area (Å²) in [7, 11) is -3.65. The first-order valence-electron chi connectivity index (χ1n) is 12.3. The van der Waals surface area contributed by atoms with Crippen LogP contribution < -0.4 is 10.6 Å². The van der Waals surface area contributed by atoms with Gasteiger partial charge in [-0.1, -0.05) is 78.7 Å². The summed E-state index contributed by atoms with van der Waals surface area (Å²) in [5.41, 5.74) is 2.85. The topological polar surface area (TPSA) is 108 Å². The van der Waals surface area contributed by atoms with Gasteiger partial charge in [0.25, 0.3) is 0 Å². The SMILES string of the molecule is Cc1ccccc1.O=C(CNC(=O)C1CCCCN1S(=O)(=O)Cc1ccccc1)NCc1cccnc1. The number of benzene rings is 2. The molecule has 2 amide bonds. The first-order valence-corrected chi connectivity index (χ1v) is 13.9. The molecule has 37 heavy (non-hydrogen) atoms. The molecule has 1 unspecified atom stereocenters. The van der Waals surface area contributed by atoms with Crippen LogP contribution in [0.15, 0.2) is 85.2 Å². The van der Waals surface area contributed by atoms with Crippen molar-refractivity contribution >= 4 is 21.8 Å². The van der Waals surface area contributed by atoms with Crippen molar-refractivity contribution in [2.24, 2.45) is 0 Å². The fraction of sp³-hybridized carbons (Fsp3) is 0.321. The van der Waals surface area contributed by atoms with Gasteiger partial charge in [-0.05, 0) is 37.0 Å². The largest absolute Gasteiger partial charge is 0.350 e. The number of aromatic nitrogens is 1. The number of carbonyl (C=O) groups excluding carboxylic acids is 2. The van der Waals surface area contributed by atoms with E-state index in [1.165, 1.54) is 9.87 Å². The Kier molecular flexibility index (Phi) is 10.8. The van der Waals surface area contributed by atoms with E-state index in [2.05, 4.69) is 34.7 Å². The van der Waals surface area contributed by atoms with Gasteiger partial charge in [0, 0.05) is 25.5 Å². The maximum atomic E-state index is 12.9. The van der Waals surface area contributed by atoms with E-state index < -0.39 is 22.0 Å². The van der Waals surface area contributed by atoms with Gasteiger partial charge in [-0.15, -0.1) is 0 Å². The summed E-state index contributed by atoms with van der Waals surface area (Å²) >= 11 is 0. The summed E-state index contributed by atoms with van der Waals surface area (Å²) in [5.74, 6) is -0.937. The molecule has 1 aliphatic heterocycles. The standard InChI is InChI=1S/C21H26N4O4S.C7H8/c26-20(23-14-18-9-6-11-22-13-18)15-24-21(27)19-10-4-5-12-25(19)30(28,29)16-17-7-2-1-3-8-17;1-7-5-3-2-4-6-7/h1-3,6-9,11,13,19H,4-5,10,12,14-16H2,(H,23,26)(H,24,27);2-6H,1H3. The molecular formula is C28H34N4O4S. The zero-order valence-electron chi connectivity index (χ0n) is 21.0. The van der Waals surface area contributed by atoms with Crippen LogP contribution in [0.1, 0.15) is 36.0 Å². The number of pyridine rings is 1. The number of rotatable bonds is 8. The van der Waals surface area contributed by atoms with E-state index in [9.17, 15) is 18.0 Å². The van der Waals surface area contributed by atoms with Crippen molar-refractivity contribution in [3.63, 3.8) is 0 Å². The van der Waals surface area contributed by atoms with E-state index >= 15 is 0 Å². The lowest BCUT2D eigenvalue weighted by Crippen LogP contribution is -2.53. The molecule has 0 spiro atoms. The Morgan fingerprint density at radius 2 is 1.59 bits per heavy atom. The summed E-state index contributed by atoms with van der Waals surface area (Å²) in [6.45, 7) is 2.49. The number of aryl methyl sites for hydroxylation is 1. The van der Waals surface area contributed by atoms with E-state index in [-0.39, 0.29) is 18.2 Å². The summed E-state index contributed by atoms with van der Waals surface area (Å²) in [5, 5.41) is 5.29. The number of hydrogen-bond acceptors (Lipinski definition) is 5. The number of nitrogens with one attached hydrogen (secondary N) is 2. The van der Waals surface area contributed by atoms with E-state index in [0.717, 1.165) is 12.0 Å². The number of sulfonamides is 1. The second kappa shape index (κ2) is 14.2. The number of amides is 2. The quantitative estimate of drug-likeness (QED) is 0.472. The van der Waals surface area contributed by atoms with Gasteiger partial charge in [0.05, 0.1) is 12.3 Å². The lowest BCUT2D eigenvalue weighted by Gasteiger charge is -2.33. The van der Waals surface area contributed by atoms with Gasteiger partial charge >= 0.3 is 0 Å². The minimum Gasteiger partial charge on any atom is -0.350 e. The minimum absolute atomic E-state index is 0.150. The highest BCUT2D eigenvalue weighted by Crippen LogP contribution is 2.23. The Labute approximate surface area is 219 Å². The second-order valence-corrected chi connectivity index (χ2v) is 10.8. The molecule has 0 aliphatic carbocycles. The van der Waals surface area contributed by atoms with E-state index in [4.69, 9.17) is 0 Å². The van der Waals surface area contributed by atoms with E-state index in [1.54, 1.807) is 42.7 Å². The Hall–Kier alpha value is -3.56. The highest BCUT2D eigenvalue weighted by Gasteiger charge is 2.36. The number of hydrogen-bond donors (Lipinski definition) is 2. The molecule has 0 bridgehead atoms. The number of carbonyl (C=O) groups is 2. The first-order chi connectivity index (χ1) is 17.8. The summed E-state index contributed by atoms with van der Waals surface area (Å²) < 4.78 is 27.1. The molecular weight excluding hydrogens is 488 g/mol. The Bertz CT molecular complexity index is 1220. The van der Waals surface area contributed by atoms with Crippen LogP contribution >= 0.6 is 0 Å². The van der Waals surface area contributed by atoms with Crippen molar-refractivity contribution in [1.82, 2.24) is 19.9 Å². The Balaban J connectivity index is 0.000000468. The molecule has 1 fully saturated rings. The zero-order valence-corrected chi connectivity index (χ0v) is 21.9. The monoisotopic (exact) mass is 522 g/mol.